The Kier molecular flexibility index (Phi) is 3.80. The fourth-order valence-corrected chi connectivity index (χ4v) is 2.86. The Bertz CT molecular complexity index is 1070. The maximum Gasteiger partial charge on any atom is 0.367 e. The number of benzene rings is 2. The largest absolute Gasteiger partial charge is 0.367 e. The average molecular weight is 365 g/mol. The van der Waals surface area contributed by atoms with Crippen molar-refractivity contribution in [2.45, 2.75) is 6.92 Å². The molecule has 4 rings (SSSR count). The fourth-order valence-electron chi connectivity index (χ4n) is 2.86. The summed E-state index contributed by atoms with van der Waals surface area (Å²) in [6.07, 6.45) is 1.20. The number of carbonyl (C=O) groups is 3. The molecule has 7 nitrogen and oxygen atoms in total. The smallest absolute Gasteiger partial charge is 0.324 e. The first-order valence-electron chi connectivity index (χ1n) is 7.98. The van der Waals surface area contributed by atoms with Crippen molar-refractivity contribution in [3.63, 3.8) is 0 Å². The highest BCUT2D eigenvalue weighted by molar-refractivity contribution is 6.21. The monoisotopic (exact) mass is 365 g/mol. The van der Waals surface area contributed by atoms with E-state index in [9.17, 15) is 18.8 Å². The summed E-state index contributed by atoms with van der Waals surface area (Å²) < 4.78 is 15.2. The van der Waals surface area contributed by atoms with Gasteiger partial charge in [0.05, 0.1) is 23.0 Å². The van der Waals surface area contributed by atoms with E-state index < -0.39 is 23.6 Å². The third kappa shape index (κ3) is 2.58. The fraction of sp³-hybridized carbons (Fsp3) is 0.0526. The molecule has 134 valence electrons. The van der Waals surface area contributed by atoms with Crippen molar-refractivity contribution in [3.8, 4) is 5.69 Å². The number of fused-ring (bicyclic) bond motifs is 1. The Hall–Kier alpha value is -3.81. The van der Waals surface area contributed by atoms with Crippen molar-refractivity contribution in [2.24, 2.45) is 0 Å². The van der Waals surface area contributed by atoms with E-state index in [0.717, 1.165) is 0 Å². The molecule has 0 aliphatic carbocycles. The van der Waals surface area contributed by atoms with Crippen LogP contribution in [0.3, 0.4) is 0 Å². The van der Waals surface area contributed by atoms with Crippen molar-refractivity contribution in [3.05, 3.63) is 82.9 Å². The van der Waals surface area contributed by atoms with Crippen molar-refractivity contribution in [1.29, 1.82) is 0 Å². The lowest BCUT2D eigenvalue weighted by Gasteiger charge is -2.12. The average Bonchev–Trinajstić information content (AvgIpc) is 3.16. The summed E-state index contributed by atoms with van der Waals surface area (Å²) in [5, 5.41) is 4.43. The number of aromatic nitrogens is 2. The standard InChI is InChI=1S/C19H12FN3O4/c1-11-14(10-21-22(11)16-9-5-4-8-15(16)20)19(26)27-23-17(24)12-6-2-3-7-13(12)18(23)25/h2-10H,1H3. The van der Waals surface area contributed by atoms with Crippen molar-refractivity contribution in [2.75, 3.05) is 0 Å². The predicted molar refractivity (Wildman–Crippen MR) is 90.6 cm³/mol. The molecular weight excluding hydrogens is 353 g/mol. The molecule has 0 saturated carbocycles. The van der Waals surface area contributed by atoms with Gasteiger partial charge < -0.3 is 4.84 Å². The van der Waals surface area contributed by atoms with Crippen LogP contribution in [0.15, 0.2) is 54.7 Å². The Labute approximate surface area is 152 Å². The number of amides is 2. The lowest BCUT2D eigenvalue weighted by molar-refractivity contribution is -0.0585. The number of hydrogen-bond donors (Lipinski definition) is 0. The zero-order valence-electron chi connectivity index (χ0n) is 14.0. The van der Waals surface area contributed by atoms with Crippen LogP contribution in [0.2, 0.25) is 0 Å². The Balaban J connectivity index is 1.61. The van der Waals surface area contributed by atoms with Gasteiger partial charge in [0, 0.05) is 0 Å². The van der Waals surface area contributed by atoms with Gasteiger partial charge in [0.25, 0.3) is 11.8 Å². The summed E-state index contributed by atoms with van der Waals surface area (Å²) in [6, 6.07) is 12.1. The first-order chi connectivity index (χ1) is 13.0. The molecule has 0 radical (unpaired) electrons. The molecule has 0 fully saturated rings. The minimum absolute atomic E-state index is 0.00908. The minimum atomic E-state index is -0.940. The maximum absolute atomic E-state index is 14.0. The first kappa shape index (κ1) is 16.6. The van der Waals surface area contributed by atoms with Crippen molar-refractivity contribution < 1.29 is 23.6 Å². The molecule has 0 bridgehead atoms. The van der Waals surface area contributed by atoms with Crippen LogP contribution in [0.5, 0.6) is 0 Å². The predicted octanol–water partition coefficient (Wildman–Crippen LogP) is 2.69. The van der Waals surface area contributed by atoms with Gasteiger partial charge in [-0.3, -0.25) is 9.59 Å². The van der Waals surface area contributed by atoms with Gasteiger partial charge in [0.1, 0.15) is 17.1 Å². The van der Waals surface area contributed by atoms with Gasteiger partial charge in [-0.15, -0.1) is 0 Å². The third-order valence-electron chi connectivity index (χ3n) is 4.24. The van der Waals surface area contributed by atoms with Crippen LogP contribution in [0.25, 0.3) is 5.69 Å². The number of para-hydroxylation sites is 1. The SMILES string of the molecule is Cc1c(C(=O)ON2C(=O)c3ccccc3C2=O)cnn1-c1ccccc1F. The molecule has 1 aliphatic rings. The van der Waals surface area contributed by atoms with Crippen LogP contribution >= 0.6 is 0 Å². The first-order valence-corrected chi connectivity index (χ1v) is 7.98. The van der Waals surface area contributed by atoms with Crippen LogP contribution < -0.4 is 0 Å². The molecule has 2 amide bonds. The molecule has 0 atom stereocenters. The second kappa shape index (κ2) is 6.17. The molecule has 2 aromatic carbocycles. The summed E-state index contributed by atoms with van der Waals surface area (Å²) >= 11 is 0. The van der Waals surface area contributed by atoms with Gasteiger partial charge in [-0.05, 0) is 31.2 Å². The number of nitrogens with zero attached hydrogens (tertiary/aromatic N) is 3. The van der Waals surface area contributed by atoms with E-state index in [1.54, 1.807) is 25.1 Å². The number of halogens is 1. The van der Waals surface area contributed by atoms with Gasteiger partial charge in [-0.25, -0.2) is 13.9 Å². The number of rotatable bonds is 3. The second-order valence-electron chi connectivity index (χ2n) is 5.84. The molecule has 1 aromatic heterocycles. The Morgan fingerprint density at radius 3 is 2.22 bits per heavy atom. The van der Waals surface area contributed by atoms with E-state index in [1.165, 1.54) is 41.2 Å². The molecule has 0 N–H and O–H groups in total. The Morgan fingerprint density at radius 2 is 1.59 bits per heavy atom. The van der Waals surface area contributed by atoms with E-state index in [2.05, 4.69) is 5.10 Å². The summed E-state index contributed by atoms with van der Waals surface area (Å²) in [5.41, 5.74) is 0.800. The quantitative estimate of drug-likeness (QED) is 0.667. The van der Waals surface area contributed by atoms with Crippen LogP contribution in [-0.4, -0.2) is 32.6 Å². The maximum atomic E-state index is 14.0. The summed E-state index contributed by atoms with van der Waals surface area (Å²) in [7, 11) is 0. The molecule has 3 aromatic rings. The van der Waals surface area contributed by atoms with Gasteiger partial charge in [-0.2, -0.15) is 5.10 Å². The van der Waals surface area contributed by atoms with E-state index in [-0.39, 0.29) is 22.4 Å². The highest BCUT2D eigenvalue weighted by Gasteiger charge is 2.39. The number of carbonyl (C=O) groups excluding carboxylic acids is 3. The summed E-state index contributed by atoms with van der Waals surface area (Å²) in [6.45, 7) is 1.55. The lowest BCUT2D eigenvalue weighted by Crippen LogP contribution is -2.32. The zero-order chi connectivity index (χ0) is 19.1. The third-order valence-corrected chi connectivity index (χ3v) is 4.24. The van der Waals surface area contributed by atoms with Crippen LogP contribution in [-0.2, 0) is 4.84 Å². The Morgan fingerprint density at radius 1 is 1.00 bits per heavy atom. The molecule has 1 aliphatic heterocycles. The van der Waals surface area contributed by atoms with Gasteiger partial charge in [0.2, 0.25) is 0 Å². The molecule has 27 heavy (non-hydrogen) atoms. The zero-order valence-corrected chi connectivity index (χ0v) is 14.0. The van der Waals surface area contributed by atoms with Gasteiger partial charge in [-0.1, -0.05) is 29.3 Å². The van der Waals surface area contributed by atoms with Crippen molar-refractivity contribution in [1.82, 2.24) is 14.8 Å². The van der Waals surface area contributed by atoms with Crippen molar-refractivity contribution >= 4 is 17.8 Å². The highest BCUT2D eigenvalue weighted by Crippen LogP contribution is 2.24. The van der Waals surface area contributed by atoms with Crippen LogP contribution in [0.1, 0.15) is 36.8 Å². The topological polar surface area (TPSA) is 81.5 Å². The molecule has 2 heterocycles. The molecule has 0 unspecified atom stereocenters. The number of hydroxylamine groups is 2. The van der Waals surface area contributed by atoms with E-state index in [4.69, 9.17) is 4.84 Å². The molecule has 8 heteroatoms. The van der Waals surface area contributed by atoms with Gasteiger partial charge in [0.15, 0.2) is 0 Å². The number of hydrogen-bond acceptors (Lipinski definition) is 5. The van der Waals surface area contributed by atoms with Crippen LogP contribution in [0.4, 0.5) is 4.39 Å². The molecule has 0 saturated heterocycles. The lowest BCUT2D eigenvalue weighted by atomic mass is 10.1. The highest BCUT2D eigenvalue weighted by atomic mass is 19.1. The van der Waals surface area contributed by atoms with Gasteiger partial charge >= 0.3 is 5.97 Å². The minimum Gasteiger partial charge on any atom is -0.324 e. The summed E-state index contributed by atoms with van der Waals surface area (Å²) in [4.78, 5) is 42.1. The molecular formula is C19H12FN3O4. The van der Waals surface area contributed by atoms with E-state index in [1.807, 2.05) is 0 Å². The molecule has 0 spiro atoms. The second-order valence-corrected chi connectivity index (χ2v) is 5.84. The normalized spacial score (nSPS) is 13.0. The van der Waals surface area contributed by atoms with E-state index >= 15 is 0 Å². The van der Waals surface area contributed by atoms with E-state index in [0.29, 0.717) is 10.8 Å². The van der Waals surface area contributed by atoms with Crippen LogP contribution in [0, 0.1) is 12.7 Å². The summed E-state index contributed by atoms with van der Waals surface area (Å²) in [5.74, 6) is -2.89. The number of imide groups is 1.